The third-order valence-electron chi connectivity index (χ3n) is 3.20. The van der Waals surface area contributed by atoms with Crippen molar-refractivity contribution < 1.29 is 14.4 Å². The van der Waals surface area contributed by atoms with Crippen LogP contribution < -0.4 is 15.1 Å². The number of rotatable bonds is 6. The first-order valence-electron chi connectivity index (χ1n) is 7.04. The summed E-state index contributed by atoms with van der Waals surface area (Å²) in [5.74, 6) is 0.727. The molecule has 0 unspecified atom stereocenters. The Bertz CT molecular complexity index is 602. The number of amides is 2. The monoisotopic (exact) mass is 300 g/mol. The predicted molar refractivity (Wildman–Crippen MR) is 86.0 cm³/mol. The van der Waals surface area contributed by atoms with E-state index in [-0.39, 0.29) is 6.03 Å². The Kier molecular flexibility index (Phi) is 5.80. The van der Waals surface area contributed by atoms with Crippen LogP contribution in [0, 0.1) is 0 Å². The summed E-state index contributed by atoms with van der Waals surface area (Å²) in [5, 5.41) is 0. The first-order valence-corrected chi connectivity index (χ1v) is 7.04. The number of urea groups is 1. The number of carbonyl (C=O) groups excluding carboxylic acids is 1. The molecule has 2 aromatic rings. The Labute approximate surface area is 130 Å². The minimum atomic E-state index is -0.344. The topological polar surface area (TPSA) is 50.8 Å². The quantitative estimate of drug-likeness (QED) is 0.834. The number of benzene rings is 2. The molecule has 0 aliphatic rings. The summed E-state index contributed by atoms with van der Waals surface area (Å²) < 4.78 is 5.75. The van der Waals surface area contributed by atoms with Crippen molar-refractivity contribution in [1.82, 2.24) is 5.48 Å². The molecular formula is C17H20N2O3. The standard InChI is InChI=1S/C17H20N2O3/c1-19(17(20)18-21-2)15-9-6-10-16(13-15)22-12-11-14-7-4-3-5-8-14/h3-10,13H,11-12H2,1-2H3,(H,18,20). The van der Waals surface area contributed by atoms with Gasteiger partial charge < -0.3 is 4.74 Å². The van der Waals surface area contributed by atoms with Crippen LogP contribution in [0.1, 0.15) is 5.56 Å². The highest BCUT2D eigenvalue weighted by molar-refractivity contribution is 5.90. The largest absolute Gasteiger partial charge is 0.493 e. The van der Waals surface area contributed by atoms with E-state index in [1.165, 1.54) is 17.6 Å². The highest BCUT2D eigenvalue weighted by Crippen LogP contribution is 2.20. The summed E-state index contributed by atoms with van der Waals surface area (Å²) >= 11 is 0. The Morgan fingerprint density at radius 2 is 1.91 bits per heavy atom. The van der Waals surface area contributed by atoms with Crippen LogP contribution in [0.5, 0.6) is 5.75 Å². The lowest BCUT2D eigenvalue weighted by Crippen LogP contribution is -2.36. The molecule has 116 valence electrons. The van der Waals surface area contributed by atoms with E-state index in [1.54, 1.807) is 7.05 Å². The molecule has 2 rings (SSSR count). The van der Waals surface area contributed by atoms with E-state index in [0.29, 0.717) is 6.61 Å². The zero-order valence-corrected chi connectivity index (χ0v) is 12.8. The van der Waals surface area contributed by atoms with Crippen LogP contribution in [0.4, 0.5) is 10.5 Å². The van der Waals surface area contributed by atoms with Crippen molar-refractivity contribution in [2.75, 3.05) is 25.7 Å². The molecule has 0 radical (unpaired) electrons. The smallest absolute Gasteiger partial charge is 0.345 e. The van der Waals surface area contributed by atoms with Gasteiger partial charge in [-0.2, -0.15) is 0 Å². The molecule has 0 aliphatic carbocycles. The molecule has 0 fully saturated rings. The molecular weight excluding hydrogens is 280 g/mol. The van der Waals surface area contributed by atoms with Gasteiger partial charge in [0.25, 0.3) is 0 Å². The van der Waals surface area contributed by atoms with Crippen LogP contribution in [0.3, 0.4) is 0 Å². The molecule has 0 saturated heterocycles. The van der Waals surface area contributed by atoms with Crippen LogP contribution in [-0.2, 0) is 11.3 Å². The van der Waals surface area contributed by atoms with Gasteiger partial charge >= 0.3 is 6.03 Å². The first kappa shape index (κ1) is 15.9. The molecule has 2 amide bonds. The van der Waals surface area contributed by atoms with Gasteiger partial charge in [0, 0.05) is 25.2 Å². The zero-order chi connectivity index (χ0) is 15.8. The molecule has 22 heavy (non-hydrogen) atoms. The van der Waals surface area contributed by atoms with Crippen molar-refractivity contribution in [2.45, 2.75) is 6.42 Å². The summed E-state index contributed by atoms with van der Waals surface area (Å²) in [6.45, 7) is 0.585. The summed E-state index contributed by atoms with van der Waals surface area (Å²) in [4.78, 5) is 17.8. The fourth-order valence-corrected chi connectivity index (χ4v) is 1.99. The van der Waals surface area contributed by atoms with E-state index < -0.39 is 0 Å². The molecule has 0 atom stereocenters. The molecule has 0 aromatic heterocycles. The van der Waals surface area contributed by atoms with Crippen molar-refractivity contribution in [2.24, 2.45) is 0 Å². The van der Waals surface area contributed by atoms with Crippen LogP contribution in [-0.4, -0.2) is 26.8 Å². The van der Waals surface area contributed by atoms with E-state index in [1.807, 2.05) is 42.5 Å². The second kappa shape index (κ2) is 8.05. The molecule has 0 bridgehead atoms. The number of carbonyl (C=O) groups is 1. The molecule has 0 heterocycles. The maximum absolute atomic E-state index is 11.7. The number of hydrogen-bond acceptors (Lipinski definition) is 3. The molecule has 5 nitrogen and oxygen atoms in total. The van der Waals surface area contributed by atoms with Crippen molar-refractivity contribution >= 4 is 11.7 Å². The first-order chi connectivity index (χ1) is 10.7. The minimum Gasteiger partial charge on any atom is -0.493 e. The number of hydrogen-bond donors (Lipinski definition) is 1. The van der Waals surface area contributed by atoms with Gasteiger partial charge in [-0.3, -0.25) is 9.74 Å². The highest BCUT2D eigenvalue weighted by Gasteiger charge is 2.10. The molecule has 0 saturated carbocycles. The fraction of sp³-hybridized carbons (Fsp3) is 0.235. The minimum absolute atomic E-state index is 0.344. The molecule has 1 N–H and O–H groups in total. The van der Waals surface area contributed by atoms with Crippen LogP contribution >= 0.6 is 0 Å². The summed E-state index contributed by atoms with van der Waals surface area (Å²) in [6, 6.07) is 17.2. The maximum atomic E-state index is 11.7. The number of ether oxygens (including phenoxy) is 1. The van der Waals surface area contributed by atoms with Crippen LogP contribution in [0.25, 0.3) is 0 Å². The zero-order valence-electron chi connectivity index (χ0n) is 12.8. The van der Waals surface area contributed by atoms with Crippen molar-refractivity contribution in [3.8, 4) is 5.75 Å². The summed E-state index contributed by atoms with van der Waals surface area (Å²) in [6.07, 6.45) is 0.838. The number of hydroxylamine groups is 1. The number of nitrogens with zero attached hydrogens (tertiary/aromatic N) is 1. The molecule has 0 spiro atoms. The van der Waals surface area contributed by atoms with Gasteiger partial charge in [-0.1, -0.05) is 36.4 Å². The fourth-order valence-electron chi connectivity index (χ4n) is 1.99. The number of nitrogens with one attached hydrogen (secondary N) is 1. The van der Waals surface area contributed by atoms with Crippen molar-refractivity contribution in [3.63, 3.8) is 0 Å². The Hall–Kier alpha value is -2.53. The molecule has 0 aliphatic heterocycles. The van der Waals surface area contributed by atoms with Gasteiger partial charge in [0.05, 0.1) is 13.7 Å². The van der Waals surface area contributed by atoms with Crippen molar-refractivity contribution in [1.29, 1.82) is 0 Å². The summed E-state index contributed by atoms with van der Waals surface area (Å²) in [5.41, 5.74) is 4.23. The lowest BCUT2D eigenvalue weighted by molar-refractivity contribution is 0.111. The van der Waals surface area contributed by atoms with Crippen LogP contribution in [0.2, 0.25) is 0 Å². The molecule has 5 heteroatoms. The summed E-state index contributed by atoms with van der Waals surface area (Å²) in [7, 11) is 3.06. The number of anilines is 1. The Balaban J connectivity index is 1.92. The predicted octanol–water partition coefficient (Wildman–Crippen LogP) is 3.02. The second-order valence-electron chi connectivity index (χ2n) is 4.75. The normalized spacial score (nSPS) is 10.1. The van der Waals surface area contributed by atoms with Crippen molar-refractivity contribution in [3.05, 3.63) is 60.2 Å². The van der Waals surface area contributed by atoms with E-state index in [4.69, 9.17) is 4.74 Å². The van der Waals surface area contributed by atoms with Gasteiger partial charge in [0.1, 0.15) is 5.75 Å². The molecule has 2 aromatic carbocycles. The van der Waals surface area contributed by atoms with Gasteiger partial charge in [0.15, 0.2) is 0 Å². The van der Waals surface area contributed by atoms with E-state index in [9.17, 15) is 4.79 Å². The third kappa shape index (κ3) is 4.49. The average molecular weight is 300 g/mol. The maximum Gasteiger partial charge on any atom is 0.345 e. The van der Waals surface area contributed by atoms with E-state index >= 15 is 0 Å². The second-order valence-corrected chi connectivity index (χ2v) is 4.75. The Morgan fingerprint density at radius 1 is 1.14 bits per heavy atom. The van der Waals surface area contributed by atoms with Gasteiger partial charge in [-0.25, -0.2) is 10.3 Å². The lowest BCUT2D eigenvalue weighted by atomic mass is 10.2. The van der Waals surface area contributed by atoms with Gasteiger partial charge in [-0.05, 0) is 17.7 Å². The van der Waals surface area contributed by atoms with Crippen LogP contribution in [0.15, 0.2) is 54.6 Å². The van der Waals surface area contributed by atoms with E-state index in [0.717, 1.165) is 17.9 Å². The highest BCUT2D eigenvalue weighted by atomic mass is 16.6. The lowest BCUT2D eigenvalue weighted by Gasteiger charge is -2.18. The van der Waals surface area contributed by atoms with Gasteiger partial charge in [-0.15, -0.1) is 0 Å². The van der Waals surface area contributed by atoms with E-state index in [2.05, 4.69) is 22.5 Å². The Morgan fingerprint density at radius 3 is 2.64 bits per heavy atom. The average Bonchev–Trinajstić information content (AvgIpc) is 2.56. The SMILES string of the molecule is CONC(=O)N(C)c1cccc(OCCc2ccccc2)c1. The third-order valence-corrected chi connectivity index (χ3v) is 3.20. The van der Waals surface area contributed by atoms with Gasteiger partial charge in [0.2, 0.25) is 0 Å².